The Bertz CT molecular complexity index is 127. The highest BCUT2D eigenvalue weighted by Gasteiger charge is 2.00. The van der Waals surface area contributed by atoms with Crippen LogP contribution in [0.5, 0.6) is 0 Å². The summed E-state index contributed by atoms with van der Waals surface area (Å²) < 4.78 is 0. The molecule has 0 spiro atoms. The van der Waals surface area contributed by atoms with E-state index in [4.69, 9.17) is 0 Å². The van der Waals surface area contributed by atoms with E-state index in [0.29, 0.717) is 5.25 Å². The maximum Gasteiger partial charge on any atom is 0.00557 e. The van der Waals surface area contributed by atoms with Gasteiger partial charge in [-0.05, 0) is 25.5 Å². The molecule has 0 heterocycles. The third-order valence-corrected chi connectivity index (χ3v) is 2.57. The molecule has 0 saturated heterocycles. The summed E-state index contributed by atoms with van der Waals surface area (Å²) in [7, 11) is 0. The summed E-state index contributed by atoms with van der Waals surface area (Å²) in [6, 6.07) is 0. The summed E-state index contributed by atoms with van der Waals surface area (Å²) in [5.41, 5.74) is 1.28. The van der Waals surface area contributed by atoms with E-state index < -0.39 is 0 Å². The second-order valence-electron chi connectivity index (χ2n) is 2.92. The van der Waals surface area contributed by atoms with Crippen molar-refractivity contribution >= 4 is 11.8 Å². The van der Waals surface area contributed by atoms with Crippen LogP contribution in [0.15, 0.2) is 24.8 Å². The van der Waals surface area contributed by atoms with Gasteiger partial charge in [-0.25, -0.2) is 0 Å². The van der Waals surface area contributed by atoms with Crippen LogP contribution in [0.25, 0.3) is 0 Å². The average Bonchev–Trinajstić information content (AvgIpc) is 1.86. The SMILES string of the molecule is C=CCCSC(C)CC(=C)C. The summed E-state index contributed by atoms with van der Waals surface area (Å²) in [4.78, 5) is 0. The van der Waals surface area contributed by atoms with Gasteiger partial charge in [0.15, 0.2) is 0 Å². The highest BCUT2D eigenvalue weighted by molar-refractivity contribution is 7.99. The molecule has 0 aliphatic rings. The van der Waals surface area contributed by atoms with E-state index in [1.807, 2.05) is 17.8 Å². The molecule has 64 valence electrons. The summed E-state index contributed by atoms with van der Waals surface area (Å²) in [6.45, 7) is 11.9. The molecule has 0 aromatic rings. The van der Waals surface area contributed by atoms with Crippen molar-refractivity contribution in [1.82, 2.24) is 0 Å². The van der Waals surface area contributed by atoms with E-state index in [-0.39, 0.29) is 0 Å². The summed E-state index contributed by atoms with van der Waals surface area (Å²) in [5.74, 6) is 1.19. The molecule has 0 bridgehead atoms. The molecule has 1 heteroatoms. The van der Waals surface area contributed by atoms with E-state index in [9.17, 15) is 0 Å². The second kappa shape index (κ2) is 6.53. The van der Waals surface area contributed by atoms with Crippen LogP contribution >= 0.6 is 11.8 Å². The van der Waals surface area contributed by atoms with Crippen LogP contribution < -0.4 is 0 Å². The number of rotatable bonds is 6. The molecule has 0 radical (unpaired) electrons. The molecule has 11 heavy (non-hydrogen) atoms. The molecule has 0 saturated carbocycles. The molecule has 0 aliphatic heterocycles. The Kier molecular flexibility index (Phi) is 6.43. The topological polar surface area (TPSA) is 0 Å². The fourth-order valence-electron chi connectivity index (χ4n) is 0.902. The molecule has 0 aliphatic carbocycles. The van der Waals surface area contributed by atoms with Crippen LogP contribution in [0.4, 0.5) is 0 Å². The molecule has 0 aromatic heterocycles. The van der Waals surface area contributed by atoms with Crippen LogP contribution in [0.2, 0.25) is 0 Å². The van der Waals surface area contributed by atoms with Crippen molar-refractivity contribution in [3.63, 3.8) is 0 Å². The first-order chi connectivity index (χ1) is 5.16. The number of thioether (sulfide) groups is 1. The van der Waals surface area contributed by atoms with Crippen molar-refractivity contribution in [2.45, 2.75) is 31.9 Å². The summed E-state index contributed by atoms with van der Waals surface area (Å²) in [5, 5.41) is 0.715. The number of allylic oxidation sites excluding steroid dienone is 2. The van der Waals surface area contributed by atoms with Gasteiger partial charge in [-0.1, -0.05) is 18.6 Å². The Balaban J connectivity index is 3.28. The number of hydrogen-bond acceptors (Lipinski definition) is 1. The Hall–Kier alpha value is -0.170. The third kappa shape index (κ3) is 7.73. The minimum atomic E-state index is 0.715. The maximum atomic E-state index is 3.89. The smallest absolute Gasteiger partial charge is 0.00557 e. The molecule has 0 rings (SSSR count). The Morgan fingerprint density at radius 3 is 2.73 bits per heavy atom. The molecule has 0 nitrogen and oxygen atoms in total. The van der Waals surface area contributed by atoms with Gasteiger partial charge in [-0.15, -0.1) is 13.2 Å². The Morgan fingerprint density at radius 2 is 2.27 bits per heavy atom. The largest absolute Gasteiger partial charge is 0.158 e. The standard InChI is InChI=1S/C10H18S/c1-5-6-7-11-10(4)8-9(2)3/h5,10H,1-2,6-8H2,3-4H3. The first kappa shape index (κ1) is 10.8. The van der Waals surface area contributed by atoms with Gasteiger partial charge in [0.2, 0.25) is 0 Å². The van der Waals surface area contributed by atoms with Gasteiger partial charge in [0, 0.05) is 5.25 Å². The first-order valence-corrected chi connectivity index (χ1v) is 5.08. The van der Waals surface area contributed by atoms with Gasteiger partial charge in [-0.2, -0.15) is 11.8 Å². The van der Waals surface area contributed by atoms with E-state index in [1.165, 1.54) is 11.3 Å². The fraction of sp³-hybridized carbons (Fsp3) is 0.600. The van der Waals surface area contributed by atoms with Crippen LogP contribution in [-0.2, 0) is 0 Å². The van der Waals surface area contributed by atoms with Crippen molar-refractivity contribution in [1.29, 1.82) is 0 Å². The molecule has 1 atom stereocenters. The quantitative estimate of drug-likeness (QED) is 0.433. The van der Waals surface area contributed by atoms with E-state index in [2.05, 4.69) is 27.0 Å². The van der Waals surface area contributed by atoms with Gasteiger partial charge >= 0.3 is 0 Å². The normalized spacial score (nSPS) is 12.5. The lowest BCUT2D eigenvalue weighted by Crippen LogP contribution is -1.97. The molecular formula is C10H18S. The van der Waals surface area contributed by atoms with Gasteiger partial charge in [0.25, 0.3) is 0 Å². The zero-order chi connectivity index (χ0) is 8.69. The van der Waals surface area contributed by atoms with Gasteiger partial charge < -0.3 is 0 Å². The molecular weight excluding hydrogens is 152 g/mol. The van der Waals surface area contributed by atoms with E-state index in [0.717, 1.165) is 12.8 Å². The van der Waals surface area contributed by atoms with Crippen LogP contribution in [-0.4, -0.2) is 11.0 Å². The lowest BCUT2D eigenvalue weighted by molar-refractivity contribution is 0.928. The highest BCUT2D eigenvalue weighted by Crippen LogP contribution is 2.18. The lowest BCUT2D eigenvalue weighted by atomic mass is 10.2. The second-order valence-corrected chi connectivity index (χ2v) is 4.47. The monoisotopic (exact) mass is 170 g/mol. The maximum absolute atomic E-state index is 3.89. The van der Waals surface area contributed by atoms with Crippen LogP contribution in [0.1, 0.15) is 26.7 Å². The van der Waals surface area contributed by atoms with E-state index in [1.54, 1.807) is 0 Å². The zero-order valence-electron chi connectivity index (χ0n) is 7.60. The van der Waals surface area contributed by atoms with Crippen molar-refractivity contribution in [3.05, 3.63) is 24.8 Å². The fourth-order valence-corrected chi connectivity index (χ4v) is 2.01. The Labute approximate surface area is 74.8 Å². The molecule has 0 fully saturated rings. The number of hydrogen-bond donors (Lipinski definition) is 0. The average molecular weight is 170 g/mol. The van der Waals surface area contributed by atoms with Crippen LogP contribution in [0.3, 0.4) is 0 Å². The summed E-state index contributed by atoms with van der Waals surface area (Å²) in [6.07, 6.45) is 4.23. The Morgan fingerprint density at radius 1 is 1.64 bits per heavy atom. The predicted octanol–water partition coefficient (Wildman–Crippen LogP) is 3.65. The summed E-state index contributed by atoms with van der Waals surface area (Å²) >= 11 is 2.00. The minimum absolute atomic E-state index is 0.715. The van der Waals surface area contributed by atoms with Crippen molar-refractivity contribution in [2.75, 3.05) is 5.75 Å². The highest BCUT2D eigenvalue weighted by atomic mass is 32.2. The molecule has 0 amide bonds. The molecule has 0 aromatic carbocycles. The zero-order valence-corrected chi connectivity index (χ0v) is 8.41. The molecule has 0 N–H and O–H groups in total. The van der Waals surface area contributed by atoms with Crippen molar-refractivity contribution < 1.29 is 0 Å². The lowest BCUT2D eigenvalue weighted by Gasteiger charge is -2.09. The van der Waals surface area contributed by atoms with Gasteiger partial charge in [0.1, 0.15) is 0 Å². The molecule has 1 unspecified atom stereocenters. The van der Waals surface area contributed by atoms with Gasteiger partial charge in [-0.3, -0.25) is 0 Å². The van der Waals surface area contributed by atoms with Crippen molar-refractivity contribution in [3.8, 4) is 0 Å². The third-order valence-electron chi connectivity index (χ3n) is 1.36. The minimum Gasteiger partial charge on any atom is -0.158 e. The first-order valence-electron chi connectivity index (χ1n) is 4.03. The van der Waals surface area contributed by atoms with Crippen molar-refractivity contribution in [2.24, 2.45) is 0 Å². The van der Waals surface area contributed by atoms with Gasteiger partial charge in [0.05, 0.1) is 0 Å². The van der Waals surface area contributed by atoms with E-state index >= 15 is 0 Å². The van der Waals surface area contributed by atoms with Crippen LogP contribution in [0, 0.1) is 0 Å². The predicted molar refractivity (Wildman–Crippen MR) is 56.2 cm³/mol.